The van der Waals surface area contributed by atoms with E-state index in [0.717, 1.165) is 42.4 Å². The zero-order chi connectivity index (χ0) is 16.3. The van der Waals surface area contributed by atoms with Gasteiger partial charge in [-0.1, -0.05) is 49.8 Å². The minimum absolute atomic E-state index is 0.129. The van der Waals surface area contributed by atoms with E-state index in [1.807, 2.05) is 19.1 Å². The van der Waals surface area contributed by atoms with Crippen molar-refractivity contribution in [2.45, 2.75) is 50.5 Å². The highest BCUT2D eigenvalue weighted by atomic mass is 32.2. The largest absolute Gasteiger partial charge is 0.243 e. The molecule has 1 aromatic rings. The van der Waals surface area contributed by atoms with Crippen LogP contribution in [0.2, 0.25) is 0 Å². The summed E-state index contributed by atoms with van der Waals surface area (Å²) < 4.78 is 27.0. The smallest absolute Gasteiger partial charge is 0.207 e. The molecule has 120 valence electrons. The predicted molar refractivity (Wildman–Crippen MR) is 91.3 cm³/mol. The molecule has 1 fully saturated rings. The van der Waals surface area contributed by atoms with Gasteiger partial charge in [-0.25, -0.2) is 8.42 Å². The molecule has 1 aliphatic rings. The Morgan fingerprint density at radius 3 is 2.41 bits per heavy atom. The van der Waals surface area contributed by atoms with E-state index in [9.17, 15) is 8.42 Å². The molecule has 0 spiro atoms. The van der Waals surface area contributed by atoms with Gasteiger partial charge in [0.15, 0.2) is 0 Å². The van der Waals surface area contributed by atoms with Crippen LogP contribution in [0.15, 0.2) is 53.5 Å². The first-order valence-corrected chi connectivity index (χ1v) is 9.27. The summed E-state index contributed by atoms with van der Waals surface area (Å²) >= 11 is 0. The Hall–Kier alpha value is -1.39. The summed E-state index contributed by atoms with van der Waals surface area (Å²) in [6.45, 7) is 12.8. The molecule has 1 unspecified atom stereocenters. The van der Waals surface area contributed by atoms with Crippen LogP contribution >= 0.6 is 0 Å². The molecule has 0 amide bonds. The fourth-order valence-electron chi connectivity index (χ4n) is 2.63. The van der Waals surface area contributed by atoms with E-state index < -0.39 is 10.0 Å². The second-order valence-corrected chi connectivity index (χ2v) is 7.86. The summed E-state index contributed by atoms with van der Waals surface area (Å²) in [6.07, 6.45) is 3.89. The van der Waals surface area contributed by atoms with Crippen LogP contribution < -0.4 is 0 Å². The fraction of sp³-hybridized carbons (Fsp3) is 0.444. The van der Waals surface area contributed by atoms with Crippen LogP contribution in [0.25, 0.3) is 0 Å². The average Bonchev–Trinajstić information content (AvgIpc) is 2.43. The number of hydrogen-bond donors (Lipinski definition) is 0. The molecule has 1 atom stereocenters. The summed E-state index contributed by atoms with van der Waals surface area (Å²) in [6, 6.07) is 6.88. The highest BCUT2D eigenvalue weighted by Gasteiger charge is 2.40. The maximum Gasteiger partial charge on any atom is 0.243 e. The number of rotatable bonds is 7. The van der Waals surface area contributed by atoms with Gasteiger partial charge in [0.25, 0.3) is 0 Å². The maximum absolute atomic E-state index is 12.7. The molecule has 22 heavy (non-hydrogen) atoms. The van der Waals surface area contributed by atoms with Gasteiger partial charge in [-0.3, -0.25) is 0 Å². The first-order chi connectivity index (χ1) is 10.4. The van der Waals surface area contributed by atoms with Crippen LogP contribution in [-0.4, -0.2) is 25.3 Å². The molecule has 0 bridgehead atoms. The molecule has 0 aromatic heterocycles. The molecule has 1 heterocycles. The number of nitrogens with zero attached hydrogens (tertiary/aromatic N) is 1. The van der Waals surface area contributed by atoms with Gasteiger partial charge in [-0.2, -0.15) is 4.31 Å². The van der Waals surface area contributed by atoms with Crippen LogP contribution in [0.3, 0.4) is 0 Å². The van der Waals surface area contributed by atoms with Crippen LogP contribution in [0, 0.1) is 6.92 Å². The Balaban J connectivity index is 2.14. The van der Waals surface area contributed by atoms with Crippen molar-refractivity contribution in [3.63, 3.8) is 0 Å². The van der Waals surface area contributed by atoms with Crippen molar-refractivity contribution in [2.24, 2.45) is 0 Å². The summed E-state index contributed by atoms with van der Waals surface area (Å²) in [4.78, 5) is 0.356. The second-order valence-electron chi connectivity index (χ2n) is 5.97. The Kier molecular flexibility index (Phi) is 5.24. The van der Waals surface area contributed by atoms with Gasteiger partial charge in [-0.15, -0.1) is 0 Å². The van der Waals surface area contributed by atoms with Crippen molar-refractivity contribution < 1.29 is 8.42 Å². The Morgan fingerprint density at radius 1 is 1.27 bits per heavy atom. The van der Waals surface area contributed by atoms with E-state index >= 15 is 0 Å². The van der Waals surface area contributed by atoms with Crippen molar-refractivity contribution in [1.82, 2.24) is 4.31 Å². The summed E-state index contributed by atoms with van der Waals surface area (Å²) in [5.74, 6) is 0. The summed E-state index contributed by atoms with van der Waals surface area (Å²) in [7, 11) is -3.44. The van der Waals surface area contributed by atoms with Crippen molar-refractivity contribution in [3.8, 4) is 0 Å². The zero-order valence-corrected chi connectivity index (χ0v) is 14.3. The number of sulfonamides is 1. The Labute approximate surface area is 134 Å². The Bertz CT molecular complexity index is 659. The minimum Gasteiger partial charge on any atom is -0.207 e. The molecule has 0 aliphatic carbocycles. The lowest BCUT2D eigenvalue weighted by atomic mass is 9.91. The minimum atomic E-state index is -3.44. The van der Waals surface area contributed by atoms with E-state index in [4.69, 9.17) is 0 Å². The molecule has 1 aliphatic heterocycles. The van der Waals surface area contributed by atoms with Gasteiger partial charge < -0.3 is 0 Å². The lowest BCUT2D eigenvalue weighted by Crippen LogP contribution is -2.51. The third-order valence-corrected chi connectivity index (χ3v) is 6.21. The van der Waals surface area contributed by atoms with Gasteiger partial charge in [-0.05, 0) is 43.9 Å². The molecular formula is C18H25NO2S. The topological polar surface area (TPSA) is 37.4 Å². The van der Waals surface area contributed by atoms with Gasteiger partial charge in [0, 0.05) is 6.54 Å². The van der Waals surface area contributed by atoms with Gasteiger partial charge in [0.1, 0.15) is 0 Å². The molecule has 0 saturated carbocycles. The van der Waals surface area contributed by atoms with Crippen molar-refractivity contribution in [2.75, 3.05) is 6.54 Å². The molecule has 0 radical (unpaired) electrons. The van der Waals surface area contributed by atoms with Crippen LogP contribution in [-0.2, 0) is 10.0 Å². The van der Waals surface area contributed by atoms with E-state index in [-0.39, 0.29) is 6.04 Å². The fourth-order valence-corrected chi connectivity index (χ4v) is 4.30. The highest BCUT2D eigenvalue weighted by molar-refractivity contribution is 7.89. The molecule has 0 N–H and O–H groups in total. The summed E-state index contributed by atoms with van der Waals surface area (Å²) in [5.41, 5.74) is 2.91. The maximum atomic E-state index is 12.7. The van der Waals surface area contributed by atoms with Gasteiger partial charge >= 0.3 is 0 Å². The first kappa shape index (κ1) is 17.0. The standard InChI is InChI=1S/C18H25NO2S/c1-5-6-7-15(3)16(4)18-12-13-19(18)22(20,21)17-10-8-14(2)9-11-17/h8-11,18H,3-7,12-13H2,1-2H3. The summed E-state index contributed by atoms with van der Waals surface area (Å²) in [5, 5.41) is 0. The van der Waals surface area contributed by atoms with Crippen molar-refractivity contribution >= 4 is 10.0 Å². The molecule has 1 saturated heterocycles. The normalized spacial score (nSPS) is 18.7. The molecule has 1 aromatic carbocycles. The SMILES string of the molecule is C=C(CCCC)C(=C)C1CCN1S(=O)(=O)c1ccc(C)cc1. The quantitative estimate of drug-likeness (QED) is 0.711. The first-order valence-electron chi connectivity index (χ1n) is 7.83. The number of aryl methyl sites for hydroxylation is 1. The Morgan fingerprint density at radius 2 is 1.91 bits per heavy atom. The van der Waals surface area contributed by atoms with E-state index in [1.165, 1.54) is 0 Å². The van der Waals surface area contributed by atoms with E-state index in [0.29, 0.717) is 11.4 Å². The molecule has 3 nitrogen and oxygen atoms in total. The van der Waals surface area contributed by atoms with Crippen molar-refractivity contribution in [3.05, 3.63) is 54.1 Å². The predicted octanol–water partition coefficient (Wildman–Crippen LogP) is 4.06. The van der Waals surface area contributed by atoms with Gasteiger partial charge in [0.2, 0.25) is 10.0 Å². The lowest BCUT2D eigenvalue weighted by Gasteiger charge is -2.41. The van der Waals surface area contributed by atoms with Crippen LogP contribution in [0.4, 0.5) is 0 Å². The third kappa shape index (κ3) is 3.33. The van der Waals surface area contributed by atoms with Crippen molar-refractivity contribution in [1.29, 1.82) is 0 Å². The van der Waals surface area contributed by atoms with Gasteiger partial charge in [0.05, 0.1) is 10.9 Å². The molecule has 2 rings (SSSR count). The zero-order valence-electron chi connectivity index (χ0n) is 13.5. The van der Waals surface area contributed by atoms with Crippen LogP contribution in [0.5, 0.6) is 0 Å². The number of benzene rings is 1. The second kappa shape index (κ2) is 6.80. The lowest BCUT2D eigenvalue weighted by molar-refractivity contribution is 0.233. The van der Waals surface area contributed by atoms with Crippen LogP contribution in [0.1, 0.15) is 38.2 Å². The third-order valence-electron chi connectivity index (χ3n) is 4.29. The molecular weight excluding hydrogens is 294 g/mol. The highest BCUT2D eigenvalue weighted by Crippen LogP contribution is 2.34. The molecule has 4 heteroatoms. The number of unbranched alkanes of at least 4 members (excludes halogenated alkanes) is 1. The average molecular weight is 319 g/mol. The monoisotopic (exact) mass is 319 g/mol. The number of hydrogen-bond acceptors (Lipinski definition) is 2. The van der Waals surface area contributed by atoms with E-state index in [1.54, 1.807) is 16.4 Å². The van der Waals surface area contributed by atoms with E-state index in [2.05, 4.69) is 20.1 Å².